The lowest BCUT2D eigenvalue weighted by molar-refractivity contribution is 0.0524. The van der Waals surface area contributed by atoms with Crippen molar-refractivity contribution in [3.8, 4) is 21.9 Å². The maximum absolute atomic E-state index is 14.4. The van der Waals surface area contributed by atoms with E-state index in [0.29, 0.717) is 25.0 Å². The number of carbonyl (C=O) groups excluding carboxylic acids is 1. The molecule has 0 bridgehead atoms. The van der Waals surface area contributed by atoms with Crippen LogP contribution in [0.25, 0.3) is 20.7 Å². The fourth-order valence-corrected chi connectivity index (χ4v) is 7.07. The van der Waals surface area contributed by atoms with Gasteiger partial charge in [0, 0.05) is 41.0 Å². The first-order valence-corrected chi connectivity index (χ1v) is 16.3. The van der Waals surface area contributed by atoms with Crippen LogP contribution in [0.1, 0.15) is 34.0 Å². The third-order valence-electron chi connectivity index (χ3n) is 8.07. The van der Waals surface area contributed by atoms with Crippen LogP contribution in [0.5, 0.6) is 11.5 Å². The zero-order valence-corrected chi connectivity index (χ0v) is 27.5. The summed E-state index contributed by atoms with van der Waals surface area (Å²) >= 11 is 1.54. The smallest absolute Gasteiger partial charge is 0.343 e. The fraction of sp³-hybridized carbons (Fsp3) is 0.179. The molecule has 0 atom stereocenters. The van der Waals surface area contributed by atoms with Crippen molar-refractivity contribution in [1.82, 2.24) is 4.57 Å². The maximum atomic E-state index is 14.4. The molecule has 238 valence electrons. The summed E-state index contributed by atoms with van der Waals surface area (Å²) in [5, 5.41) is 0.510. The number of esters is 1. The van der Waals surface area contributed by atoms with Crippen molar-refractivity contribution in [3.63, 3.8) is 0 Å². The van der Waals surface area contributed by atoms with Crippen LogP contribution in [0.3, 0.4) is 0 Å². The molecular weight excluding hydrogens is 609 g/mol. The molecule has 0 spiro atoms. The van der Waals surface area contributed by atoms with Gasteiger partial charge in [0.05, 0.1) is 32.8 Å². The maximum Gasteiger partial charge on any atom is 0.343 e. The average Bonchev–Trinajstić information content (AvgIpc) is 3.50. The Hall–Kier alpha value is -5.34. The molecule has 0 unspecified atom stereocenters. The molecule has 6 rings (SSSR count). The minimum atomic E-state index is -0.638. The van der Waals surface area contributed by atoms with Gasteiger partial charge in [-0.15, -0.1) is 11.3 Å². The Morgan fingerprint density at radius 2 is 1.49 bits per heavy atom. The van der Waals surface area contributed by atoms with Gasteiger partial charge in [0.25, 0.3) is 0 Å². The Morgan fingerprint density at radius 3 is 2.17 bits per heavy atom. The number of benzene rings is 4. The number of ether oxygens (including phenoxy) is 3. The number of pyridine rings is 1. The monoisotopic (exact) mass is 644 g/mol. The van der Waals surface area contributed by atoms with Crippen LogP contribution in [-0.2, 0) is 24.4 Å². The van der Waals surface area contributed by atoms with Gasteiger partial charge in [-0.1, -0.05) is 66.7 Å². The van der Waals surface area contributed by atoms with Crippen LogP contribution < -0.4 is 19.8 Å². The average molecular weight is 645 g/mol. The topological polar surface area (TPSA) is 70.0 Å². The van der Waals surface area contributed by atoms with Gasteiger partial charge in [-0.25, -0.2) is 4.79 Å². The van der Waals surface area contributed by atoms with Gasteiger partial charge in [-0.2, -0.15) is 0 Å². The third-order valence-corrected chi connectivity index (χ3v) is 9.39. The first kappa shape index (κ1) is 31.6. The van der Waals surface area contributed by atoms with E-state index in [1.807, 2.05) is 89.5 Å². The van der Waals surface area contributed by atoms with Crippen LogP contribution in [0.4, 0.5) is 5.69 Å². The van der Waals surface area contributed by atoms with E-state index in [0.717, 1.165) is 49.1 Å². The van der Waals surface area contributed by atoms with E-state index < -0.39 is 5.97 Å². The van der Waals surface area contributed by atoms with E-state index >= 15 is 0 Å². The lowest BCUT2D eigenvalue weighted by Crippen LogP contribution is -2.25. The highest BCUT2D eigenvalue weighted by Crippen LogP contribution is 2.40. The summed E-state index contributed by atoms with van der Waals surface area (Å²) in [6.07, 6.45) is 1.63. The van der Waals surface area contributed by atoms with E-state index in [1.165, 1.54) is 0 Å². The number of hydrogen-bond acceptors (Lipinski definition) is 7. The number of carbonyl (C=O) groups is 1. The van der Waals surface area contributed by atoms with E-state index in [9.17, 15) is 9.59 Å². The summed E-state index contributed by atoms with van der Waals surface area (Å²) in [7, 11) is 3.28. The number of para-hydroxylation sites is 2. The minimum Gasteiger partial charge on any atom is -0.497 e. The summed E-state index contributed by atoms with van der Waals surface area (Å²) in [6.45, 7) is 3.34. The first-order chi connectivity index (χ1) is 23.0. The second-order valence-electron chi connectivity index (χ2n) is 11.0. The van der Waals surface area contributed by atoms with Crippen molar-refractivity contribution >= 4 is 33.2 Å². The van der Waals surface area contributed by atoms with Crippen molar-refractivity contribution in [1.29, 1.82) is 0 Å². The molecular formula is C39H36N2O5S. The number of fused-ring (bicyclic) bond motifs is 1. The van der Waals surface area contributed by atoms with Crippen LogP contribution in [-0.4, -0.2) is 31.4 Å². The predicted octanol–water partition coefficient (Wildman–Crippen LogP) is 8.18. The third kappa shape index (κ3) is 6.78. The Labute approximate surface area is 278 Å². The Kier molecular flexibility index (Phi) is 9.69. The SMILES string of the molecule is CCOC(=O)c1cn(Cc2ccccc2OC)c2sc(-c3ccc(OC)cc3)c(CN(Cc3ccccc3)c3ccccc3)c2c1=O. The number of rotatable bonds is 12. The molecule has 2 aromatic heterocycles. The van der Waals surface area contributed by atoms with Gasteiger partial charge < -0.3 is 23.7 Å². The molecule has 6 aromatic rings. The molecule has 0 aliphatic heterocycles. The number of anilines is 1. The standard InChI is InChI=1S/C39H36N2O5S/c1-4-46-39(43)33-26-41(24-29-15-11-12-18-34(29)45-3)38-35(36(33)42)32(37(47-38)28-19-21-31(44-2)22-20-28)25-40(30-16-9-6-10-17-30)23-27-13-7-5-8-14-27/h5-22,26H,4,23-25H2,1-3H3. The van der Waals surface area contributed by atoms with Crippen molar-refractivity contribution in [2.45, 2.75) is 26.6 Å². The number of hydrogen-bond donors (Lipinski definition) is 0. The molecule has 2 heterocycles. The molecule has 0 saturated heterocycles. The summed E-state index contributed by atoms with van der Waals surface area (Å²) in [6, 6.07) is 36.1. The fourth-order valence-electron chi connectivity index (χ4n) is 5.78. The van der Waals surface area contributed by atoms with Gasteiger partial charge >= 0.3 is 5.97 Å². The van der Waals surface area contributed by atoms with Gasteiger partial charge in [0.1, 0.15) is 21.9 Å². The molecule has 47 heavy (non-hydrogen) atoms. The van der Waals surface area contributed by atoms with Crippen LogP contribution in [0.2, 0.25) is 0 Å². The molecule has 0 amide bonds. The van der Waals surface area contributed by atoms with Crippen molar-refractivity contribution in [2.75, 3.05) is 25.7 Å². The van der Waals surface area contributed by atoms with Crippen molar-refractivity contribution < 1.29 is 19.0 Å². The van der Waals surface area contributed by atoms with Gasteiger partial charge in [0.2, 0.25) is 5.43 Å². The number of thiophene rings is 1. The summed E-state index contributed by atoms with van der Waals surface area (Å²) in [5.41, 5.74) is 4.55. The zero-order chi connectivity index (χ0) is 32.8. The Bertz CT molecular complexity index is 2040. The van der Waals surface area contributed by atoms with E-state index in [1.54, 1.807) is 38.7 Å². The second kappa shape index (κ2) is 14.4. The minimum absolute atomic E-state index is 0.00361. The highest BCUT2D eigenvalue weighted by Gasteiger charge is 2.26. The quantitative estimate of drug-likeness (QED) is 0.125. The van der Waals surface area contributed by atoms with Crippen molar-refractivity contribution in [2.24, 2.45) is 0 Å². The van der Waals surface area contributed by atoms with Gasteiger partial charge in [-0.3, -0.25) is 4.79 Å². The lowest BCUT2D eigenvalue weighted by Gasteiger charge is -2.26. The van der Waals surface area contributed by atoms with E-state index in [2.05, 4.69) is 29.2 Å². The molecule has 0 aliphatic carbocycles. The second-order valence-corrected chi connectivity index (χ2v) is 12.0. The van der Waals surface area contributed by atoms with Crippen LogP contribution in [0, 0.1) is 0 Å². The molecule has 0 aliphatic rings. The molecule has 8 heteroatoms. The first-order valence-electron chi connectivity index (χ1n) is 15.5. The summed E-state index contributed by atoms with van der Waals surface area (Å²) in [5.74, 6) is 0.828. The zero-order valence-electron chi connectivity index (χ0n) is 26.6. The Morgan fingerprint density at radius 1 is 0.809 bits per heavy atom. The molecule has 7 nitrogen and oxygen atoms in total. The molecule has 0 N–H and O–H groups in total. The predicted molar refractivity (Wildman–Crippen MR) is 189 cm³/mol. The van der Waals surface area contributed by atoms with Gasteiger partial charge in [-0.05, 0) is 60.5 Å². The van der Waals surface area contributed by atoms with E-state index in [-0.39, 0.29) is 17.6 Å². The van der Waals surface area contributed by atoms with Crippen molar-refractivity contribution in [3.05, 3.63) is 148 Å². The molecule has 0 fully saturated rings. The van der Waals surface area contributed by atoms with Crippen LogP contribution in [0.15, 0.2) is 120 Å². The van der Waals surface area contributed by atoms with Crippen LogP contribution >= 0.6 is 11.3 Å². The lowest BCUT2D eigenvalue weighted by atomic mass is 10.0. The van der Waals surface area contributed by atoms with Gasteiger partial charge in [0.15, 0.2) is 0 Å². The number of aromatic nitrogens is 1. The summed E-state index contributed by atoms with van der Waals surface area (Å²) < 4.78 is 18.5. The molecule has 4 aromatic carbocycles. The Balaban J connectivity index is 1.61. The highest BCUT2D eigenvalue weighted by atomic mass is 32.1. The summed E-state index contributed by atoms with van der Waals surface area (Å²) in [4.78, 5) is 31.7. The molecule has 0 saturated carbocycles. The largest absolute Gasteiger partial charge is 0.497 e. The number of nitrogens with zero attached hydrogens (tertiary/aromatic N) is 2. The normalized spacial score (nSPS) is 11.0. The van der Waals surface area contributed by atoms with E-state index in [4.69, 9.17) is 14.2 Å². The number of methoxy groups -OCH3 is 2. The highest BCUT2D eigenvalue weighted by molar-refractivity contribution is 7.22. The molecule has 0 radical (unpaired) electrons.